The molecule has 2 rings (SSSR count). The molecule has 2 aromatic heterocycles. The van der Waals surface area contributed by atoms with Gasteiger partial charge in [-0.05, 0) is 5.92 Å². The molecule has 3 nitrogen and oxygen atoms in total. The number of aromatic nitrogens is 2. The third-order valence-corrected chi connectivity index (χ3v) is 2.80. The van der Waals surface area contributed by atoms with Gasteiger partial charge in [-0.3, -0.25) is 4.40 Å². The normalized spacial score (nSPS) is 11.6. The topological polar surface area (TPSA) is 43.3 Å². The highest BCUT2D eigenvalue weighted by atomic mass is 32.1. The minimum atomic E-state index is 0.496. The summed E-state index contributed by atoms with van der Waals surface area (Å²) in [6.07, 6.45) is 1.81. The minimum absolute atomic E-state index is 0.496. The van der Waals surface area contributed by atoms with E-state index in [0.29, 0.717) is 11.9 Å². The summed E-state index contributed by atoms with van der Waals surface area (Å²) in [5, 5.41) is 2.14. The number of thiazole rings is 1. The van der Waals surface area contributed by atoms with E-state index in [1.54, 1.807) is 11.3 Å². The van der Waals surface area contributed by atoms with E-state index >= 15 is 0 Å². The van der Waals surface area contributed by atoms with Crippen LogP contribution in [0.1, 0.15) is 25.5 Å². The molecular formula is C8H11N3S. The SMILES string of the molecule is CC(C)c1csc2cnc(N)n12. The highest BCUT2D eigenvalue weighted by Gasteiger charge is 2.09. The van der Waals surface area contributed by atoms with E-state index in [-0.39, 0.29) is 0 Å². The van der Waals surface area contributed by atoms with Gasteiger partial charge in [0.2, 0.25) is 5.95 Å². The number of hydrogen-bond acceptors (Lipinski definition) is 3. The summed E-state index contributed by atoms with van der Waals surface area (Å²) in [6.45, 7) is 4.31. The summed E-state index contributed by atoms with van der Waals surface area (Å²) in [6, 6.07) is 0. The molecule has 0 bridgehead atoms. The summed E-state index contributed by atoms with van der Waals surface area (Å²) < 4.78 is 2.01. The Labute approximate surface area is 74.8 Å². The number of hydrogen-bond donors (Lipinski definition) is 1. The average molecular weight is 181 g/mol. The fourth-order valence-electron chi connectivity index (χ4n) is 1.26. The first kappa shape index (κ1) is 7.61. The fraction of sp³-hybridized carbons (Fsp3) is 0.375. The lowest BCUT2D eigenvalue weighted by molar-refractivity contribution is 0.812. The Morgan fingerprint density at radius 3 is 3.00 bits per heavy atom. The average Bonchev–Trinajstić information content (AvgIpc) is 2.53. The highest BCUT2D eigenvalue weighted by Crippen LogP contribution is 2.24. The van der Waals surface area contributed by atoms with Crippen LogP contribution in [-0.4, -0.2) is 9.38 Å². The van der Waals surface area contributed by atoms with Crippen molar-refractivity contribution in [1.29, 1.82) is 0 Å². The zero-order chi connectivity index (χ0) is 8.72. The minimum Gasteiger partial charge on any atom is -0.369 e. The van der Waals surface area contributed by atoms with Gasteiger partial charge in [0, 0.05) is 11.1 Å². The van der Waals surface area contributed by atoms with Crippen LogP contribution in [0.25, 0.3) is 4.83 Å². The van der Waals surface area contributed by atoms with Crippen LogP contribution in [-0.2, 0) is 0 Å². The molecule has 2 heterocycles. The zero-order valence-electron chi connectivity index (χ0n) is 7.11. The van der Waals surface area contributed by atoms with Crippen molar-refractivity contribution in [3.63, 3.8) is 0 Å². The van der Waals surface area contributed by atoms with Crippen molar-refractivity contribution in [2.24, 2.45) is 0 Å². The maximum absolute atomic E-state index is 5.72. The Balaban J connectivity index is 2.75. The second-order valence-electron chi connectivity index (χ2n) is 3.11. The van der Waals surface area contributed by atoms with Crippen LogP contribution in [0.2, 0.25) is 0 Å². The van der Waals surface area contributed by atoms with Gasteiger partial charge in [0.05, 0.1) is 6.20 Å². The third kappa shape index (κ3) is 0.914. The molecule has 0 aliphatic rings. The summed E-state index contributed by atoms with van der Waals surface area (Å²) in [4.78, 5) is 5.17. The van der Waals surface area contributed by atoms with Crippen LogP contribution in [0.5, 0.6) is 0 Å². The first-order valence-corrected chi connectivity index (χ1v) is 4.78. The quantitative estimate of drug-likeness (QED) is 0.732. The molecule has 64 valence electrons. The van der Waals surface area contributed by atoms with Crippen molar-refractivity contribution in [3.05, 3.63) is 17.3 Å². The Morgan fingerprint density at radius 1 is 1.58 bits per heavy atom. The highest BCUT2D eigenvalue weighted by molar-refractivity contribution is 7.15. The van der Waals surface area contributed by atoms with Crippen molar-refractivity contribution in [3.8, 4) is 0 Å². The molecule has 0 amide bonds. The van der Waals surface area contributed by atoms with Crippen LogP contribution in [0.15, 0.2) is 11.6 Å². The predicted octanol–water partition coefficient (Wildman–Crippen LogP) is 2.10. The van der Waals surface area contributed by atoms with E-state index in [2.05, 4.69) is 24.2 Å². The van der Waals surface area contributed by atoms with E-state index in [4.69, 9.17) is 5.73 Å². The van der Waals surface area contributed by atoms with Crippen molar-refractivity contribution in [1.82, 2.24) is 9.38 Å². The molecule has 0 aliphatic heterocycles. The number of rotatable bonds is 1. The lowest BCUT2D eigenvalue weighted by Gasteiger charge is -2.02. The molecule has 0 aromatic carbocycles. The molecule has 2 aromatic rings. The van der Waals surface area contributed by atoms with Crippen LogP contribution >= 0.6 is 11.3 Å². The van der Waals surface area contributed by atoms with Crippen molar-refractivity contribution in [2.45, 2.75) is 19.8 Å². The Bertz CT molecular complexity index is 399. The van der Waals surface area contributed by atoms with Gasteiger partial charge in [0.1, 0.15) is 4.83 Å². The van der Waals surface area contributed by atoms with E-state index in [9.17, 15) is 0 Å². The van der Waals surface area contributed by atoms with E-state index in [1.165, 1.54) is 5.69 Å². The molecule has 0 aliphatic carbocycles. The second-order valence-corrected chi connectivity index (χ2v) is 3.99. The number of nitrogen functional groups attached to an aromatic ring is 1. The molecule has 12 heavy (non-hydrogen) atoms. The molecule has 0 radical (unpaired) electrons. The fourth-order valence-corrected chi connectivity index (χ4v) is 2.30. The van der Waals surface area contributed by atoms with Gasteiger partial charge in [-0.1, -0.05) is 13.8 Å². The molecule has 0 atom stereocenters. The second kappa shape index (κ2) is 2.48. The Hall–Kier alpha value is -1.03. The van der Waals surface area contributed by atoms with Crippen LogP contribution < -0.4 is 5.73 Å². The largest absolute Gasteiger partial charge is 0.369 e. The molecular weight excluding hydrogens is 170 g/mol. The standard InChI is InChI=1S/C8H11N3S/c1-5(2)6-4-12-7-3-10-8(9)11(6)7/h3-5H,1-2H3,(H2,9,10). The smallest absolute Gasteiger partial charge is 0.205 e. The lowest BCUT2D eigenvalue weighted by atomic mass is 10.2. The van der Waals surface area contributed by atoms with E-state index in [1.807, 2.05) is 10.6 Å². The lowest BCUT2D eigenvalue weighted by Crippen LogP contribution is -1.98. The summed E-state index contributed by atoms with van der Waals surface area (Å²) in [5.41, 5.74) is 6.96. The molecule has 2 N–H and O–H groups in total. The maximum Gasteiger partial charge on any atom is 0.205 e. The van der Waals surface area contributed by atoms with Crippen LogP contribution in [0.3, 0.4) is 0 Å². The first-order valence-electron chi connectivity index (χ1n) is 3.90. The zero-order valence-corrected chi connectivity index (χ0v) is 7.93. The Kier molecular flexibility index (Phi) is 1.58. The summed E-state index contributed by atoms with van der Waals surface area (Å²) in [7, 11) is 0. The van der Waals surface area contributed by atoms with Gasteiger partial charge in [-0.15, -0.1) is 11.3 Å². The Morgan fingerprint density at radius 2 is 2.33 bits per heavy atom. The maximum atomic E-state index is 5.72. The van der Waals surface area contributed by atoms with Gasteiger partial charge in [-0.25, -0.2) is 4.98 Å². The van der Waals surface area contributed by atoms with Gasteiger partial charge >= 0.3 is 0 Å². The number of imidazole rings is 1. The number of fused-ring (bicyclic) bond motifs is 1. The van der Waals surface area contributed by atoms with E-state index in [0.717, 1.165) is 4.83 Å². The molecule has 0 unspecified atom stereocenters. The molecule has 4 heteroatoms. The molecule has 0 saturated heterocycles. The van der Waals surface area contributed by atoms with Crippen molar-refractivity contribution < 1.29 is 0 Å². The predicted molar refractivity (Wildman–Crippen MR) is 51.6 cm³/mol. The van der Waals surface area contributed by atoms with Gasteiger partial charge in [-0.2, -0.15) is 0 Å². The number of anilines is 1. The van der Waals surface area contributed by atoms with Gasteiger partial charge in [0.15, 0.2) is 0 Å². The van der Waals surface area contributed by atoms with Gasteiger partial charge in [0.25, 0.3) is 0 Å². The number of nitrogens with zero attached hydrogens (tertiary/aromatic N) is 2. The van der Waals surface area contributed by atoms with Crippen LogP contribution in [0.4, 0.5) is 5.95 Å². The summed E-state index contributed by atoms with van der Waals surface area (Å²) in [5.74, 6) is 1.09. The third-order valence-electron chi connectivity index (χ3n) is 1.91. The first-order chi connectivity index (χ1) is 5.70. The van der Waals surface area contributed by atoms with Crippen molar-refractivity contribution >= 4 is 22.1 Å². The monoisotopic (exact) mass is 181 g/mol. The number of nitrogens with two attached hydrogens (primary N) is 1. The molecule has 0 saturated carbocycles. The van der Waals surface area contributed by atoms with Crippen LogP contribution in [0, 0.1) is 0 Å². The van der Waals surface area contributed by atoms with E-state index < -0.39 is 0 Å². The molecule has 0 spiro atoms. The van der Waals surface area contributed by atoms with Gasteiger partial charge < -0.3 is 5.73 Å². The molecule has 0 fully saturated rings. The summed E-state index contributed by atoms with van der Waals surface area (Å²) >= 11 is 1.68. The van der Waals surface area contributed by atoms with Crippen molar-refractivity contribution in [2.75, 3.05) is 5.73 Å².